The number of fused-ring (bicyclic) bond motifs is 3. The highest BCUT2D eigenvalue weighted by Gasteiger charge is 2.37. The maximum absolute atomic E-state index is 11.4. The number of aliphatic hydroxyl groups excluding tert-OH is 1. The van der Waals surface area contributed by atoms with Gasteiger partial charge in [0.15, 0.2) is 0 Å². The van der Waals surface area contributed by atoms with Crippen molar-refractivity contribution in [2.45, 2.75) is 77.2 Å². The minimum absolute atomic E-state index is 0.0218. The van der Waals surface area contributed by atoms with E-state index in [-0.39, 0.29) is 16.7 Å². The summed E-state index contributed by atoms with van der Waals surface area (Å²) in [5.41, 5.74) is 8.84. The smallest absolute Gasteiger partial charge is 0.103 e. The molecule has 0 amide bonds. The summed E-state index contributed by atoms with van der Waals surface area (Å²) in [6.45, 7) is 14.4. The summed E-state index contributed by atoms with van der Waals surface area (Å²) in [6.07, 6.45) is 1.44. The number of rotatable bonds is 2. The second kappa shape index (κ2) is 6.56. The molecule has 0 fully saturated rings. The molecule has 0 radical (unpaired) electrons. The van der Waals surface area contributed by atoms with Crippen LogP contribution in [0.25, 0.3) is 11.1 Å². The summed E-state index contributed by atoms with van der Waals surface area (Å²) >= 11 is 0. The molecule has 0 saturated heterocycles. The van der Waals surface area contributed by atoms with Crippen LogP contribution in [0.1, 0.15) is 82.6 Å². The number of aliphatic imine (C=N–C) groups is 1. The van der Waals surface area contributed by atoms with Crippen LogP contribution in [0.15, 0.2) is 41.4 Å². The van der Waals surface area contributed by atoms with Crippen molar-refractivity contribution < 1.29 is 5.11 Å². The Morgan fingerprint density at radius 1 is 0.857 bits per heavy atom. The van der Waals surface area contributed by atoms with Gasteiger partial charge in [0, 0.05) is 18.2 Å². The fraction of sp³-hybridized carbons (Fsp3) is 0.500. The van der Waals surface area contributed by atoms with Gasteiger partial charge < -0.3 is 5.11 Å². The van der Waals surface area contributed by atoms with E-state index in [1.807, 2.05) is 0 Å². The first-order valence-electron chi connectivity index (χ1n) is 10.6. The number of aliphatic hydroxyl groups is 1. The number of benzene rings is 2. The quantitative estimate of drug-likeness (QED) is 0.687. The van der Waals surface area contributed by atoms with E-state index in [4.69, 9.17) is 0 Å². The third-order valence-corrected chi connectivity index (χ3v) is 6.36. The topological polar surface area (TPSA) is 32.6 Å². The van der Waals surface area contributed by atoms with E-state index in [1.165, 1.54) is 33.4 Å². The minimum Gasteiger partial charge on any atom is -0.386 e. The molecule has 1 atom stereocenters. The predicted octanol–water partition coefficient (Wildman–Crippen LogP) is 5.99. The van der Waals surface area contributed by atoms with E-state index in [0.717, 1.165) is 25.1 Å². The summed E-state index contributed by atoms with van der Waals surface area (Å²) in [5.74, 6) is -0.0218. The fourth-order valence-corrected chi connectivity index (χ4v) is 4.57. The predicted molar refractivity (Wildman–Crippen MR) is 119 cm³/mol. The van der Waals surface area contributed by atoms with E-state index in [2.05, 4.69) is 82.9 Å². The van der Waals surface area contributed by atoms with Gasteiger partial charge in [-0.2, -0.15) is 0 Å². The third-order valence-electron chi connectivity index (χ3n) is 6.36. The monoisotopic (exact) mass is 375 g/mol. The molecule has 1 heterocycles. The Morgan fingerprint density at radius 2 is 1.36 bits per heavy atom. The van der Waals surface area contributed by atoms with Crippen molar-refractivity contribution in [3.05, 3.63) is 58.7 Å². The Morgan fingerprint density at radius 3 is 1.75 bits per heavy atom. The molecule has 0 unspecified atom stereocenters. The summed E-state index contributed by atoms with van der Waals surface area (Å²) < 4.78 is 0. The van der Waals surface area contributed by atoms with Gasteiger partial charge in [0.1, 0.15) is 6.10 Å². The third kappa shape index (κ3) is 3.22. The van der Waals surface area contributed by atoms with Crippen LogP contribution in [-0.2, 0) is 10.8 Å². The first-order chi connectivity index (χ1) is 13.1. The molecule has 2 aromatic carbocycles. The Labute approximate surface area is 169 Å². The molecular weight excluding hydrogens is 342 g/mol. The highest BCUT2D eigenvalue weighted by molar-refractivity contribution is 5.93. The van der Waals surface area contributed by atoms with Gasteiger partial charge in [0.25, 0.3) is 0 Å². The standard InChI is InChI=1S/C26H33NO/c1-25(2,3)16-9-11-18-19-12-10-17(26(4,5)6)15-21(19)23(20(18)14-16)24(28)22-8-7-13-27-22/h9-12,14-15,23-24,28H,7-8,13H2,1-6H3/t24-/m0/s1. The van der Waals surface area contributed by atoms with E-state index < -0.39 is 6.10 Å². The van der Waals surface area contributed by atoms with E-state index >= 15 is 0 Å². The first kappa shape index (κ1) is 19.4. The minimum atomic E-state index is -0.534. The number of nitrogens with zero attached hydrogens (tertiary/aromatic N) is 1. The van der Waals surface area contributed by atoms with E-state index in [0.29, 0.717) is 0 Å². The molecule has 1 aliphatic heterocycles. The van der Waals surface area contributed by atoms with Crippen molar-refractivity contribution in [3.8, 4) is 11.1 Å². The summed E-state index contributed by atoms with van der Waals surface area (Å²) in [4.78, 5) is 4.64. The van der Waals surface area contributed by atoms with E-state index in [9.17, 15) is 5.11 Å². The molecule has 2 nitrogen and oxygen atoms in total. The van der Waals surface area contributed by atoms with Gasteiger partial charge in [0.05, 0.1) is 0 Å². The van der Waals surface area contributed by atoms with Gasteiger partial charge in [-0.25, -0.2) is 0 Å². The Balaban J connectivity index is 1.90. The molecule has 2 aliphatic rings. The first-order valence-corrected chi connectivity index (χ1v) is 10.6. The summed E-state index contributed by atoms with van der Waals surface area (Å²) in [6, 6.07) is 13.7. The van der Waals surface area contributed by atoms with Crippen molar-refractivity contribution in [1.29, 1.82) is 0 Å². The Hall–Kier alpha value is -1.93. The van der Waals surface area contributed by atoms with E-state index in [1.54, 1.807) is 0 Å². The molecular formula is C26H33NO. The number of hydrogen-bond donors (Lipinski definition) is 1. The molecule has 148 valence electrons. The van der Waals surface area contributed by atoms with Gasteiger partial charge in [0.2, 0.25) is 0 Å². The molecule has 2 aromatic rings. The van der Waals surface area contributed by atoms with Crippen LogP contribution in [0.2, 0.25) is 0 Å². The largest absolute Gasteiger partial charge is 0.386 e. The highest BCUT2D eigenvalue weighted by Crippen LogP contribution is 2.49. The molecule has 0 bridgehead atoms. The van der Waals surface area contributed by atoms with Crippen LogP contribution >= 0.6 is 0 Å². The zero-order valence-corrected chi connectivity index (χ0v) is 18.1. The van der Waals surface area contributed by atoms with Crippen LogP contribution in [0, 0.1) is 0 Å². The fourth-order valence-electron chi connectivity index (χ4n) is 4.57. The molecule has 0 spiro atoms. The Kier molecular flexibility index (Phi) is 4.54. The lowest BCUT2D eigenvalue weighted by Crippen LogP contribution is -2.27. The molecule has 4 rings (SSSR count). The average molecular weight is 376 g/mol. The van der Waals surface area contributed by atoms with Crippen molar-refractivity contribution in [1.82, 2.24) is 0 Å². The SMILES string of the molecule is CC(C)(C)c1ccc2c(c1)C([C@@H](O)C1=NCCC1)c1cc(C(C)(C)C)ccc1-2. The lowest BCUT2D eigenvalue weighted by atomic mass is 9.81. The van der Waals surface area contributed by atoms with Gasteiger partial charge in [-0.1, -0.05) is 77.9 Å². The lowest BCUT2D eigenvalue weighted by molar-refractivity contribution is 0.222. The second-order valence-electron chi connectivity index (χ2n) is 10.5. The maximum Gasteiger partial charge on any atom is 0.103 e. The lowest BCUT2D eigenvalue weighted by Gasteiger charge is -2.25. The zero-order valence-electron chi connectivity index (χ0n) is 18.1. The molecule has 28 heavy (non-hydrogen) atoms. The normalized spacial score (nSPS) is 18.0. The van der Waals surface area contributed by atoms with Crippen molar-refractivity contribution in [2.75, 3.05) is 6.54 Å². The van der Waals surface area contributed by atoms with Crippen LogP contribution < -0.4 is 0 Å². The summed E-state index contributed by atoms with van der Waals surface area (Å²) in [7, 11) is 0. The van der Waals surface area contributed by atoms with Crippen LogP contribution in [0.4, 0.5) is 0 Å². The Bertz CT molecular complexity index is 876. The molecule has 1 N–H and O–H groups in total. The van der Waals surface area contributed by atoms with Crippen molar-refractivity contribution in [3.63, 3.8) is 0 Å². The van der Waals surface area contributed by atoms with Crippen molar-refractivity contribution >= 4 is 5.71 Å². The van der Waals surface area contributed by atoms with Crippen LogP contribution in [0.3, 0.4) is 0 Å². The molecule has 0 aromatic heterocycles. The van der Waals surface area contributed by atoms with Gasteiger partial charge in [-0.3, -0.25) is 4.99 Å². The molecule has 0 saturated carbocycles. The van der Waals surface area contributed by atoms with Crippen LogP contribution in [-0.4, -0.2) is 23.5 Å². The molecule has 1 aliphatic carbocycles. The summed E-state index contributed by atoms with van der Waals surface area (Å²) in [5, 5.41) is 11.4. The van der Waals surface area contributed by atoms with Gasteiger partial charge >= 0.3 is 0 Å². The second-order valence-corrected chi connectivity index (χ2v) is 10.5. The van der Waals surface area contributed by atoms with Gasteiger partial charge in [-0.05, 0) is 57.1 Å². The maximum atomic E-state index is 11.4. The number of hydrogen-bond acceptors (Lipinski definition) is 2. The highest BCUT2D eigenvalue weighted by atomic mass is 16.3. The molecule has 2 heteroatoms. The van der Waals surface area contributed by atoms with Gasteiger partial charge in [-0.15, -0.1) is 0 Å². The zero-order chi connectivity index (χ0) is 20.3. The van der Waals surface area contributed by atoms with Crippen LogP contribution in [0.5, 0.6) is 0 Å². The average Bonchev–Trinajstić information content (AvgIpc) is 3.25. The van der Waals surface area contributed by atoms with Crippen molar-refractivity contribution in [2.24, 2.45) is 4.99 Å².